The van der Waals surface area contributed by atoms with Gasteiger partial charge in [-0.15, -0.1) is 0 Å². The van der Waals surface area contributed by atoms with Gasteiger partial charge in [0, 0.05) is 6.07 Å². The molecule has 2 nitrogen and oxygen atoms in total. The summed E-state index contributed by atoms with van der Waals surface area (Å²) >= 11 is 0. The molecular formula is C12H9FO2. The highest BCUT2D eigenvalue weighted by molar-refractivity contribution is 5.37. The SMILES string of the molecule is Oc1ccc(F)c(Oc2ccccc2)c1. The molecule has 3 heteroatoms. The fraction of sp³-hybridized carbons (Fsp3) is 0. The van der Waals surface area contributed by atoms with Crippen LogP contribution in [0.25, 0.3) is 0 Å². The van der Waals surface area contributed by atoms with Crippen LogP contribution in [0.3, 0.4) is 0 Å². The molecule has 2 aromatic carbocycles. The first kappa shape index (κ1) is 9.52. The van der Waals surface area contributed by atoms with Crippen LogP contribution in [0, 0.1) is 5.82 Å². The lowest BCUT2D eigenvalue weighted by atomic mass is 10.3. The maximum atomic E-state index is 13.2. The number of hydrogen-bond donors (Lipinski definition) is 1. The van der Waals surface area contributed by atoms with E-state index in [0.717, 1.165) is 6.07 Å². The second-order valence-corrected chi connectivity index (χ2v) is 3.03. The summed E-state index contributed by atoms with van der Waals surface area (Å²) in [5.74, 6) is 0.0159. The van der Waals surface area contributed by atoms with Gasteiger partial charge in [0.15, 0.2) is 11.6 Å². The smallest absolute Gasteiger partial charge is 0.166 e. The van der Waals surface area contributed by atoms with Crippen molar-refractivity contribution in [3.05, 3.63) is 54.3 Å². The third-order valence-electron chi connectivity index (χ3n) is 1.89. The standard InChI is InChI=1S/C12H9FO2/c13-11-7-6-9(14)8-12(11)15-10-4-2-1-3-5-10/h1-8,14H. The monoisotopic (exact) mass is 204 g/mol. The minimum Gasteiger partial charge on any atom is -0.508 e. The topological polar surface area (TPSA) is 29.5 Å². The Hall–Kier alpha value is -2.03. The summed E-state index contributed by atoms with van der Waals surface area (Å²) < 4.78 is 18.5. The molecule has 0 saturated carbocycles. The predicted molar refractivity (Wildman–Crippen MR) is 54.6 cm³/mol. The highest BCUT2D eigenvalue weighted by Crippen LogP contribution is 2.27. The molecular weight excluding hydrogens is 195 g/mol. The first-order valence-electron chi connectivity index (χ1n) is 4.47. The van der Waals surface area contributed by atoms with Gasteiger partial charge in [-0.1, -0.05) is 18.2 Å². The highest BCUT2D eigenvalue weighted by atomic mass is 19.1. The first-order chi connectivity index (χ1) is 7.25. The van der Waals surface area contributed by atoms with Crippen LogP contribution < -0.4 is 4.74 Å². The number of aromatic hydroxyl groups is 1. The lowest BCUT2D eigenvalue weighted by Gasteiger charge is -2.06. The first-order valence-corrected chi connectivity index (χ1v) is 4.47. The van der Waals surface area contributed by atoms with Crippen molar-refractivity contribution < 1.29 is 14.2 Å². The van der Waals surface area contributed by atoms with Crippen LogP contribution in [0.1, 0.15) is 0 Å². The van der Waals surface area contributed by atoms with Gasteiger partial charge in [-0.05, 0) is 24.3 Å². The van der Waals surface area contributed by atoms with E-state index in [4.69, 9.17) is 9.84 Å². The van der Waals surface area contributed by atoms with E-state index in [2.05, 4.69) is 0 Å². The molecule has 0 aliphatic heterocycles. The molecule has 0 fully saturated rings. The minimum absolute atomic E-state index is 0.0150. The molecule has 0 aliphatic rings. The van der Waals surface area contributed by atoms with Gasteiger partial charge in [0.2, 0.25) is 0 Å². The number of phenols is 1. The Bertz CT molecular complexity index is 454. The zero-order valence-electron chi connectivity index (χ0n) is 7.85. The van der Waals surface area contributed by atoms with E-state index in [-0.39, 0.29) is 11.5 Å². The maximum Gasteiger partial charge on any atom is 0.166 e. The van der Waals surface area contributed by atoms with E-state index >= 15 is 0 Å². The number of rotatable bonds is 2. The highest BCUT2D eigenvalue weighted by Gasteiger charge is 2.05. The summed E-state index contributed by atoms with van der Waals surface area (Å²) in [5.41, 5.74) is 0. The second kappa shape index (κ2) is 4.00. The third kappa shape index (κ3) is 2.26. The molecule has 0 heterocycles. The van der Waals surface area contributed by atoms with E-state index in [1.165, 1.54) is 12.1 Å². The summed E-state index contributed by atoms with van der Waals surface area (Å²) in [5, 5.41) is 9.17. The van der Waals surface area contributed by atoms with Crippen LogP contribution in [0.4, 0.5) is 4.39 Å². The van der Waals surface area contributed by atoms with Gasteiger partial charge >= 0.3 is 0 Å². The molecule has 2 rings (SSSR count). The van der Waals surface area contributed by atoms with Crippen molar-refractivity contribution in [2.45, 2.75) is 0 Å². The van der Waals surface area contributed by atoms with Gasteiger partial charge in [0.25, 0.3) is 0 Å². The number of halogens is 1. The number of phenolic OH excluding ortho intramolecular Hbond substituents is 1. The van der Waals surface area contributed by atoms with Gasteiger partial charge in [-0.3, -0.25) is 0 Å². The third-order valence-corrected chi connectivity index (χ3v) is 1.89. The Morgan fingerprint density at radius 3 is 2.47 bits per heavy atom. The van der Waals surface area contributed by atoms with E-state index in [9.17, 15) is 4.39 Å². The summed E-state index contributed by atoms with van der Waals surface area (Å²) in [6, 6.07) is 12.5. The van der Waals surface area contributed by atoms with Crippen LogP contribution in [0.15, 0.2) is 48.5 Å². The molecule has 0 aliphatic carbocycles. The Morgan fingerprint density at radius 1 is 1.00 bits per heavy atom. The number of para-hydroxylation sites is 1. The van der Waals surface area contributed by atoms with Gasteiger partial charge in [-0.25, -0.2) is 4.39 Å². The van der Waals surface area contributed by atoms with Crippen molar-refractivity contribution in [1.82, 2.24) is 0 Å². The normalized spacial score (nSPS) is 9.93. The van der Waals surface area contributed by atoms with Crippen LogP contribution in [-0.2, 0) is 0 Å². The molecule has 0 unspecified atom stereocenters. The quantitative estimate of drug-likeness (QED) is 0.813. The van der Waals surface area contributed by atoms with E-state index in [1.807, 2.05) is 6.07 Å². The van der Waals surface area contributed by atoms with E-state index in [1.54, 1.807) is 24.3 Å². The zero-order valence-corrected chi connectivity index (χ0v) is 7.85. The van der Waals surface area contributed by atoms with Crippen molar-refractivity contribution in [2.24, 2.45) is 0 Å². The molecule has 0 amide bonds. The molecule has 0 aromatic heterocycles. The Morgan fingerprint density at radius 2 is 1.73 bits per heavy atom. The second-order valence-electron chi connectivity index (χ2n) is 3.03. The van der Waals surface area contributed by atoms with Gasteiger partial charge < -0.3 is 9.84 Å². The van der Waals surface area contributed by atoms with Crippen LogP contribution >= 0.6 is 0 Å². The summed E-state index contributed by atoms with van der Waals surface area (Å²) in [6.07, 6.45) is 0. The summed E-state index contributed by atoms with van der Waals surface area (Å²) in [7, 11) is 0. The maximum absolute atomic E-state index is 13.2. The molecule has 1 N–H and O–H groups in total. The van der Waals surface area contributed by atoms with Gasteiger partial charge in [-0.2, -0.15) is 0 Å². The molecule has 0 radical (unpaired) electrons. The van der Waals surface area contributed by atoms with Crippen molar-refractivity contribution >= 4 is 0 Å². The average Bonchev–Trinajstić information content (AvgIpc) is 2.25. The van der Waals surface area contributed by atoms with Crippen molar-refractivity contribution in [1.29, 1.82) is 0 Å². The Balaban J connectivity index is 2.28. The molecule has 76 valence electrons. The van der Waals surface area contributed by atoms with Gasteiger partial charge in [0.1, 0.15) is 11.5 Å². The van der Waals surface area contributed by atoms with E-state index in [0.29, 0.717) is 5.75 Å². The van der Waals surface area contributed by atoms with Crippen molar-refractivity contribution in [3.63, 3.8) is 0 Å². The minimum atomic E-state index is -0.503. The molecule has 0 bridgehead atoms. The molecule has 2 aromatic rings. The van der Waals surface area contributed by atoms with Crippen LogP contribution in [0.5, 0.6) is 17.2 Å². The molecule has 0 atom stereocenters. The summed E-state index contributed by atoms with van der Waals surface area (Å²) in [4.78, 5) is 0. The number of hydrogen-bond acceptors (Lipinski definition) is 2. The molecule has 0 spiro atoms. The fourth-order valence-electron chi connectivity index (χ4n) is 1.19. The lowest BCUT2D eigenvalue weighted by Crippen LogP contribution is -1.87. The van der Waals surface area contributed by atoms with E-state index < -0.39 is 5.82 Å². The van der Waals surface area contributed by atoms with Crippen molar-refractivity contribution in [2.75, 3.05) is 0 Å². The average molecular weight is 204 g/mol. The number of benzene rings is 2. The Labute approximate surface area is 86.6 Å². The van der Waals surface area contributed by atoms with Gasteiger partial charge in [0.05, 0.1) is 0 Å². The predicted octanol–water partition coefficient (Wildman–Crippen LogP) is 3.32. The Kier molecular flexibility index (Phi) is 2.54. The lowest BCUT2D eigenvalue weighted by molar-refractivity contribution is 0.427. The molecule has 0 saturated heterocycles. The van der Waals surface area contributed by atoms with Crippen molar-refractivity contribution in [3.8, 4) is 17.2 Å². The largest absolute Gasteiger partial charge is 0.508 e. The molecule has 15 heavy (non-hydrogen) atoms. The summed E-state index contributed by atoms with van der Waals surface area (Å²) in [6.45, 7) is 0. The fourth-order valence-corrected chi connectivity index (χ4v) is 1.19. The number of ether oxygens (including phenoxy) is 1. The van der Waals surface area contributed by atoms with Crippen LogP contribution in [-0.4, -0.2) is 5.11 Å². The van der Waals surface area contributed by atoms with Crippen LogP contribution in [0.2, 0.25) is 0 Å². The zero-order chi connectivity index (χ0) is 10.7.